The summed E-state index contributed by atoms with van der Waals surface area (Å²) in [6, 6.07) is 10.1. The van der Waals surface area contributed by atoms with Gasteiger partial charge in [0.25, 0.3) is 0 Å². The Balaban J connectivity index is 2.40. The largest absolute Gasteiger partial charge is 0.455 e. The van der Waals surface area contributed by atoms with Crippen LogP contribution in [-0.4, -0.2) is 6.29 Å². The molecular formula is C13H7BrCl2O2. The van der Waals surface area contributed by atoms with E-state index in [1.54, 1.807) is 36.4 Å². The average molecular weight is 346 g/mol. The molecule has 5 heteroatoms. The van der Waals surface area contributed by atoms with Crippen LogP contribution in [0.25, 0.3) is 0 Å². The second-order valence-electron chi connectivity index (χ2n) is 3.45. The van der Waals surface area contributed by atoms with Gasteiger partial charge in [-0.2, -0.15) is 0 Å². The topological polar surface area (TPSA) is 26.3 Å². The third-order valence-electron chi connectivity index (χ3n) is 2.24. The third-order valence-corrected chi connectivity index (χ3v) is 3.43. The monoisotopic (exact) mass is 344 g/mol. The van der Waals surface area contributed by atoms with Crippen LogP contribution in [0.15, 0.2) is 40.9 Å². The predicted octanol–water partition coefficient (Wildman–Crippen LogP) is 5.36. The predicted molar refractivity (Wildman–Crippen MR) is 76.1 cm³/mol. The molecule has 2 aromatic carbocycles. The van der Waals surface area contributed by atoms with Crippen molar-refractivity contribution >= 4 is 45.4 Å². The molecule has 92 valence electrons. The van der Waals surface area contributed by atoms with E-state index in [9.17, 15) is 4.79 Å². The molecule has 0 amide bonds. The van der Waals surface area contributed by atoms with Crippen LogP contribution in [0, 0.1) is 0 Å². The van der Waals surface area contributed by atoms with Gasteiger partial charge in [0.05, 0.1) is 15.1 Å². The lowest BCUT2D eigenvalue weighted by Gasteiger charge is -2.10. The number of halogens is 3. The van der Waals surface area contributed by atoms with Gasteiger partial charge in [-0.25, -0.2) is 0 Å². The summed E-state index contributed by atoms with van der Waals surface area (Å²) in [5.74, 6) is 0.963. The lowest BCUT2D eigenvalue weighted by Crippen LogP contribution is -1.92. The van der Waals surface area contributed by atoms with E-state index < -0.39 is 0 Å². The van der Waals surface area contributed by atoms with E-state index in [0.29, 0.717) is 37.9 Å². The van der Waals surface area contributed by atoms with E-state index in [1.165, 1.54) is 0 Å². The van der Waals surface area contributed by atoms with E-state index in [0.717, 1.165) is 0 Å². The Morgan fingerprint density at radius 2 is 1.89 bits per heavy atom. The molecular weight excluding hydrogens is 339 g/mol. The van der Waals surface area contributed by atoms with E-state index in [2.05, 4.69) is 15.9 Å². The zero-order valence-electron chi connectivity index (χ0n) is 8.99. The standard InChI is InChI=1S/C13H7BrCl2O2/c14-10-6-8(15)4-5-13(10)18-12-3-1-2-11(16)9(12)7-17/h1-7H. The third kappa shape index (κ3) is 2.86. The van der Waals surface area contributed by atoms with Crippen molar-refractivity contribution in [1.29, 1.82) is 0 Å². The molecule has 0 aliphatic rings. The van der Waals surface area contributed by atoms with Gasteiger partial charge in [-0.3, -0.25) is 4.79 Å². The Kier molecular flexibility index (Phi) is 4.27. The first-order valence-corrected chi connectivity index (χ1v) is 6.53. The quantitative estimate of drug-likeness (QED) is 0.700. The average Bonchev–Trinajstić information content (AvgIpc) is 2.33. The first kappa shape index (κ1) is 13.4. The summed E-state index contributed by atoms with van der Waals surface area (Å²) in [6.45, 7) is 0. The number of carbonyl (C=O) groups excluding carboxylic acids is 1. The highest BCUT2D eigenvalue weighted by Gasteiger charge is 2.10. The second-order valence-corrected chi connectivity index (χ2v) is 5.14. The number of aldehydes is 1. The maximum Gasteiger partial charge on any atom is 0.155 e. The van der Waals surface area contributed by atoms with E-state index >= 15 is 0 Å². The molecule has 0 aliphatic carbocycles. The Morgan fingerprint density at radius 3 is 2.56 bits per heavy atom. The minimum atomic E-state index is 0.320. The van der Waals surface area contributed by atoms with Crippen molar-refractivity contribution in [1.82, 2.24) is 0 Å². The van der Waals surface area contributed by atoms with Crippen LogP contribution in [0.4, 0.5) is 0 Å². The fraction of sp³-hybridized carbons (Fsp3) is 0. The zero-order chi connectivity index (χ0) is 13.1. The molecule has 0 aliphatic heterocycles. The highest BCUT2D eigenvalue weighted by Crippen LogP contribution is 2.34. The van der Waals surface area contributed by atoms with Gasteiger partial charge in [-0.05, 0) is 46.3 Å². The molecule has 0 bridgehead atoms. The lowest BCUT2D eigenvalue weighted by molar-refractivity contribution is 0.112. The number of carbonyl (C=O) groups is 1. The fourth-order valence-electron chi connectivity index (χ4n) is 1.40. The summed E-state index contributed by atoms with van der Waals surface area (Å²) in [5, 5.41) is 0.948. The van der Waals surface area contributed by atoms with Gasteiger partial charge in [-0.15, -0.1) is 0 Å². The van der Waals surface area contributed by atoms with Crippen LogP contribution < -0.4 is 4.74 Å². The SMILES string of the molecule is O=Cc1c(Cl)cccc1Oc1ccc(Cl)cc1Br. The maximum absolute atomic E-state index is 11.0. The molecule has 18 heavy (non-hydrogen) atoms. The molecule has 0 aromatic heterocycles. The van der Waals surface area contributed by atoms with Crippen LogP contribution in [0.5, 0.6) is 11.5 Å². The summed E-state index contributed by atoms with van der Waals surface area (Å²) in [6.07, 6.45) is 0.668. The van der Waals surface area contributed by atoms with Gasteiger partial charge in [0, 0.05) is 5.02 Å². The summed E-state index contributed by atoms with van der Waals surface area (Å²) in [4.78, 5) is 11.0. The van der Waals surface area contributed by atoms with Crippen LogP contribution in [0.2, 0.25) is 10.0 Å². The van der Waals surface area contributed by atoms with Crippen LogP contribution >= 0.6 is 39.1 Å². The van der Waals surface area contributed by atoms with Gasteiger partial charge >= 0.3 is 0 Å². The van der Waals surface area contributed by atoms with Gasteiger partial charge in [-0.1, -0.05) is 29.3 Å². The summed E-state index contributed by atoms with van der Waals surface area (Å²) < 4.78 is 6.35. The molecule has 0 N–H and O–H groups in total. The van der Waals surface area contributed by atoms with Crippen molar-refractivity contribution in [2.24, 2.45) is 0 Å². The number of ether oxygens (including phenoxy) is 1. The van der Waals surface area contributed by atoms with Crippen molar-refractivity contribution in [2.45, 2.75) is 0 Å². The van der Waals surface area contributed by atoms with Gasteiger partial charge < -0.3 is 4.74 Å². The molecule has 2 aromatic rings. The fourth-order valence-corrected chi connectivity index (χ4v) is 2.37. The molecule has 0 radical (unpaired) electrons. The van der Waals surface area contributed by atoms with Crippen molar-refractivity contribution in [3.63, 3.8) is 0 Å². The Labute approximate surface area is 123 Å². The van der Waals surface area contributed by atoms with Crippen molar-refractivity contribution in [3.8, 4) is 11.5 Å². The lowest BCUT2D eigenvalue weighted by atomic mass is 10.2. The molecule has 0 saturated heterocycles. The molecule has 0 spiro atoms. The zero-order valence-corrected chi connectivity index (χ0v) is 12.1. The molecule has 0 heterocycles. The van der Waals surface area contributed by atoms with Gasteiger partial charge in [0.15, 0.2) is 6.29 Å². The van der Waals surface area contributed by atoms with Gasteiger partial charge in [0.2, 0.25) is 0 Å². The van der Waals surface area contributed by atoms with Crippen LogP contribution in [-0.2, 0) is 0 Å². The second kappa shape index (κ2) is 5.74. The molecule has 0 saturated carbocycles. The molecule has 0 fully saturated rings. The highest BCUT2D eigenvalue weighted by molar-refractivity contribution is 9.10. The number of rotatable bonds is 3. The summed E-state index contributed by atoms with van der Waals surface area (Å²) >= 11 is 15.1. The normalized spacial score (nSPS) is 10.2. The summed E-state index contributed by atoms with van der Waals surface area (Å²) in [7, 11) is 0. The van der Waals surface area contributed by atoms with Crippen LogP contribution in [0.3, 0.4) is 0 Å². The Bertz CT molecular complexity index is 600. The smallest absolute Gasteiger partial charge is 0.155 e. The number of hydrogen-bond acceptors (Lipinski definition) is 2. The van der Waals surface area contributed by atoms with Crippen molar-refractivity contribution in [3.05, 3.63) is 56.5 Å². The van der Waals surface area contributed by atoms with Crippen LogP contribution in [0.1, 0.15) is 10.4 Å². The van der Waals surface area contributed by atoms with E-state index in [4.69, 9.17) is 27.9 Å². The minimum Gasteiger partial charge on any atom is -0.455 e. The Morgan fingerprint density at radius 1 is 1.11 bits per heavy atom. The van der Waals surface area contributed by atoms with Crippen molar-refractivity contribution in [2.75, 3.05) is 0 Å². The van der Waals surface area contributed by atoms with E-state index in [1.807, 2.05) is 0 Å². The molecule has 0 unspecified atom stereocenters. The minimum absolute atomic E-state index is 0.320. The molecule has 2 nitrogen and oxygen atoms in total. The molecule has 0 atom stereocenters. The first-order chi connectivity index (χ1) is 8.61. The van der Waals surface area contributed by atoms with E-state index in [-0.39, 0.29) is 0 Å². The van der Waals surface area contributed by atoms with Gasteiger partial charge in [0.1, 0.15) is 11.5 Å². The highest BCUT2D eigenvalue weighted by atomic mass is 79.9. The Hall–Kier alpha value is -1.03. The van der Waals surface area contributed by atoms with Crippen molar-refractivity contribution < 1.29 is 9.53 Å². The number of benzene rings is 2. The summed E-state index contributed by atoms with van der Waals surface area (Å²) in [5.41, 5.74) is 0.320. The number of hydrogen-bond donors (Lipinski definition) is 0. The molecule has 2 rings (SSSR count). The first-order valence-electron chi connectivity index (χ1n) is 4.98. The maximum atomic E-state index is 11.0.